The predicted molar refractivity (Wildman–Crippen MR) is 77.7 cm³/mol. The highest BCUT2D eigenvalue weighted by Gasteiger charge is 2.01. The van der Waals surface area contributed by atoms with E-state index in [9.17, 15) is 0 Å². The second-order valence-electron chi connectivity index (χ2n) is 3.84. The van der Waals surface area contributed by atoms with Crippen LogP contribution in [0.5, 0.6) is 5.75 Å². The van der Waals surface area contributed by atoms with Crippen molar-refractivity contribution >= 4 is 27.5 Å². The summed E-state index contributed by atoms with van der Waals surface area (Å²) in [6, 6.07) is 5.52. The quantitative estimate of drug-likeness (QED) is 0.722. The fraction of sp³-hybridized carbons (Fsp3) is 0.308. The average molecular weight is 346 g/mol. The van der Waals surface area contributed by atoms with Gasteiger partial charge in [-0.05, 0) is 18.2 Å². The van der Waals surface area contributed by atoms with E-state index in [1.165, 1.54) is 0 Å². The third kappa shape index (κ3) is 4.86. The summed E-state index contributed by atoms with van der Waals surface area (Å²) in [5.41, 5.74) is 0. The van der Waals surface area contributed by atoms with Crippen molar-refractivity contribution in [1.82, 2.24) is 9.55 Å². The van der Waals surface area contributed by atoms with Gasteiger partial charge >= 0.3 is 0 Å². The lowest BCUT2D eigenvalue weighted by atomic mass is 10.3. The summed E-state index contributed by atoms with van der Waals surface area (Å²) in [6.45, 7) is 2.43. The maximum absolute atomic E-state index is 6.03. The Balaban J connectivity index is 1.61. The minimum absolute atomic E-state index is 0.477. The van der Waals surface area contributed by atoms with Crippen molar-refractivity contribution in [3.63, 3.8) is 0 Å². The first kappa shape index (κ1) is 14.4. The van der Waals surface area contributed by atoms with E-state index in [-0.39, 0.29) is 0 Å². The summed E-state index contributed by atoms with van der Waals surface area (Å²) in [4.78, 5) is 3.96. The summed E-state index contributed by atoms with van der Waals surface area (Å²) < 4.78 is 13.9. The first-order valence-corrected chi connectivity index (χ1v) is 7.04. The second kappa shape index (κ2) is 7.53. The molecule has 0 unspecified atom stereocenters. The molecule has 0 aliphatic heterocycles. The van der Waals surface area contributed by atoms with Crippen molar-refractivity contribution in [2.45, 2.75) is 6.54 Å². The number of benzene rings is 1. The van der Waals surface area contributed by atoms with E-state index in [2.05, 4.69) is 20.9 Å². The molecule has 102 valence electrons. The van der Waals surface area contributed by atoms with Crippen LogP contribution in [0.2, 0.25) is 5.02 Å². The van der Waals surface area contributed by atoms with Gasteiger partial charge in [0.05, 0.1) is 24.6 Å². The van der Waals surface area contributed by atoms with Gasteiger partial charge in [-0.3, -0.25) is 0 Å². The topological polar surface area (TPSA) is 36.3 Å². The molecule has 0 fully saturated rings. The van der Waals surface area contributed by atoms with Crippen molar-refractivity contribution < 1.29 is 9.47 Å². The lowest BCUT2D eigenvalue weighted by Crippen LogP contribution is -2.10. The maximum Gasteiger partial charge on any atom is 0.138 e. The lowest BCUT2D eigenvalue weighted by Gasteiger charge is -2.09. The zero-order valence-corrected chi connectivity index (χ0v) is 12.6. The zero-order valence-electron chi connectivity index (χ0n) is 10.3. The van der Waals surface area contributed by atoms with Crippen LogP contribution in [0.25, 0.3) is 0 Å². The zero-order chi connectivity index (χ0) is 13.5. The molecule has 0 spiro atoms. The second-order valence-corrected chi connectivity index (χ2v) is 5.16. The van der Waals surface area contributed by atoms with Gasteiger partial charge in [-0.25, -0.2) is 4.98 Å². The Morgan fingerprint density at radius 1 is 1.26 bits per heavy atom. The van der Waals surface area contributed by atoms with E-state index >= 15 is 0 Å². The number of rotatable bonds is 7. The van der Waals surface area contributed by atoms with Crippen LogP contribution in [-0.2, 0) is 11.3 Å². The first-order valence-electron chi connectivity index (χ1n) is 5.87. The summed E-state index contributed by atoms with van der Waals surface area (Å²) in [5.74, 6) is 0.670. The number of imidazole rings is 1. The van der Waals surface area contributed by atoms with Crippen molar-refractivity contribution in [3.8, 4) is 5.75 Å². The van der Waals surface area contributed by atoms with Crippen LogP contribution < -0.4 is 4.74 Å². The molecular formula is C13H14BrClN2O2. The van der Waals surface area contributed by atoms with Crippen molar-refractivity contribution in [2.24, 2.45) is 0 Å². The largest absolute Gasteiger partial charge is 0.490 e. The Bertz CT molecular complexity index is 505. The monoisotopic (exact) mass is 344 g/mol. The van der Waals surface area contributed by atoms with Crippen LogP contribution in [0.15, 0.2) is 41.4 Å². The van der Waals surface area contributed by atoms with Gasteiger partial charge in [0.15, 0.2) is 0 Å². The van der Waals surface area contributed by atoms with Crippen molar-refractivity contribution in [1.29, 1.82) is 0 Å². The van der Waals surface area contributed by atoms with Gasteiger partial charge in [0, 0.05) is 23.4 Å². The third-order valence-corrected chi connectivity index (χ3v) is 3.22. The number of ether oxygens (including phenoxy) is 2. The van der Waals surface area contributed by atoms with Crippen LogP contribution in [0.3, 0.4) is 0 Å². The van der Waals surface area contributed by atoms with Crippen LogP contribution in [0.1, 0.15) is 0 Å². The van der Waals surface area contributed by atoms with Crippen molar-refractivity contribution in [2.75, 3.05) is 19.8 Å². The Labute approximate surface area is 125 Å². The highest BCUT2D eigenvalue weighted by atomic mass is 79.9. The molecule has 0 saturated carbocycles. The molecule has 0 bridgehead atoms. The van der Waals surface area contributed by atoms with Crippen molar-refractivity contribution in [3.05, 3.63) is 46.4 Å². The van der Waals surface area contributed by atoms with E-state index in [4.69, 9.17) is 21.1 Å². The first-order chi connectivity index (χ1) is 9.25. The van der Waals surface area contributed by atoms with Gasteiger partial charge in [0.25, 0.3) is 0 Å². The highest BCUT2D eigenvalue weighted by molar-refractivity contribution is 9.10. The molecule has 6 heteroatoms. The maximum atomic E-state index is 6.03. The van der Waals surface area contributed by atoms with Gasteiger partial charge in [0.1, 0.15) is 12.4 Å². The van der Waals surface area contributed by atoms with Gasteiger partial charge in [0.2, 0.25) is 0 Å². The number of aromatic nitrogens is 2. The molecule has 0 radical (unpaired) electrons. The molecule has 4 nitrogen and oxygen atoms in total. The molecule has 0 N–H and O–H groups in total. The Kier molecular flexibility index (Phi) is 5.69. The summed E-state index contributed by atoms with van der Waals surface area (Å²) in [5, 5.41) is 0.591. The van der Waals surface area contributed by atoms with E-state index in [0.717, 1.165) is 11.0 Å². The minimum atomic E-state index is 0.477. The molecule has 2 aromatic rings. The molecule has 0 aliphatic carbocycles. The van der Waals surface area contributed by atoms with Crippen LogP contribution >= 0.6 is 27.5 Å². The average Bonchev–Trinajstić information content (AvgIpc) is 2.89. The number of hydrogen-bond donors (Lipinski definition) is 0. The normalized spacial score (nSPS) is 10.6. The number of halogens is 2. The molecule has 0 saturated heterocycles. The summed E-state index contributed by atoms with van der Waals surface area (Å²) in [6.07, 6.45) is 5.42. The molecule has 1 aromatic heterocycles. The van der Waals surface area contributed by atoms with E-state index < -0.39 is 0 Å². The summed E-state index contributed by atoms with van der Waals surface area (Å²) in [7, 11) is 0. The molecule has 0 amide bonds. The van der Waals surface area contributed by atoms with Gasteiger partial charge in [-0.1, -0.05) is 27.5 Å². The third-order valence-electron chi connectivity index (χ3n) is 2.43. The van der Waals surface area contributed by atoms with Crippen LogP contribution in [-0.4, -0.2) is 29.4 Å². The number of hydrogen-bond acceptors (Lipinski definition) is 3. The Morgan fingerprint density at radius 3 is 2.89 bits per heavy atom. The fourth-order valence-electron chi connectivity index (χ4n) is 1.49. The molecule has 1 heterocycles. The van der Waals surface area contributed by atoms with Gasteiger partial charge in [-0.2, -0.15) is 0 Å². The molecular weight excluding hydrogens is 332 g/mol. The SMILES string of the molecule is Clc1cc(Br)ccc1OCCOCCn1ccnc1. The molecule has 1 aromatic carbocycles. The fourth-order valence-corrected chi connectivity index (χ4v) is 2.22. The molecule has 2 rings (SSSR count). The summed E-state index contributed by atoms with van der Waals surface area (Å²) >= 11 is 9.38. The Morgan fingerprint density at radius 2 is 2.16 bits per heavy atom. The molecule has 19 heavy (non-hydrogen) atoms. The molecule has 0 aliphatic rings. The van der Waals surface area contributed by atoms with E-state index in [1.54, 1.807) is 18.6 Å². The molecule has 0 atom stereocenters. The van der Waals surface area contributed by atoms with E-state index in [0.29, 0.717) is 30.6 Å². The number of nitrogens with zero attached hydrogens (tertiary/aromatic N) is 2. The van der Waals surface area contributed by atoms with E-state index in [1.807, 2.05) is 22.9 Å². The van der Waals surface area contributed by atoms with Gasteiger partial charge in [-0.15, -0.1) is 0 Å². The smallest absolute Gasteiger partial charge is 0.138 e. The van der Waals surface area contributed by atoms with Crippen LogP contribution in [0.4, 0.5) is 0 Å². The predicted octanol–water partition coefficient (Wildman–Crippen LogP) is 3.39. The minimum Gasteiger partial charge on any atom is -0.490 e. The lowest BCUT2D eigenvalue weighted by molar-refractivity contribution is 0.0944. The Hall–Kier alpha value is -1.04. The van der Waals surface area contributed by atoms with Gasteiger partial charge < -0.3 is 14.0 Å². The standard InChI is InChI=1S/C13H14BrClN2O2/c14-11-1-2-13(12(15)9-11)19-8-7-18-6-5-17-4-3-16-10-17/h1-4,9-10H,5-8H2. The highest BCUT2D eigenvalue weighted by Crippen LogP contribution is 2.27. The van der Waals surface area contributed by atoms with Crippen LogP contribution in [0, 0.1) is 0 Å².